The van der Waals surface area contributed by atoms with Gasteiger partial charge in [0.1, 0.15) is 11.8 Å². The van der Waals surface area contributed by atoms with Crippen LogP contribution in [-0.2, 0) is 0 Å². The Kier molecular flexibility index (Phi) is 5.28. The molecule has 0 heterocycles. The third-order valence-electron chi connectivity index (χ3n) is 3.08. The molecule has 0 amide bonds. The highest BCUT2D eigenvalue weighted by atomic mass is 35.5. The van der Waals surface area contributed by atoms with Crippen molar-refractivity contribution in [3.63, 3.8) is 0 Å². The number of hydrogen-bond donors (Lipinski definition) is 1. The van der Waals surface area contributed by atoms with E-state index in [2.05, 4.69) is 0 Å². The minimum Gasteiger partial charge on any atom is -0.473 e. The molecular weight excluding hydrogens is 271 g/mol. The summed E-state index contributed by atoms with van der Waals surface area (Å²) in [6.45, 7) is 0. The molecule has 0 unspecified atom stereocenters. The van der Waals surface area contributed by atoms with Gasteiger partial charge in [0.2, 0.25) is 0 Å². The van der Waals surface area contributed by atoms with Gasteiger partial charge < -0.3 is 4.74 Å². The molecule has 1 fully saturated rings. The molecule has 18 heavy (non-hydrogen) atoms. The van der Waals surface area contributed by atoms with Gasteiger partial charge in [0, 0.05) is 18.9 Å². The standard InChI is InChI=1S/C13H15ClN2O.ClH/c14-12-8-11(5-4-10(12)9-15)17-13(16)6-2-1-3-7-13;/h4-5,8H,1-3,6-7,16H2;1H. The Hall–Kier alpha value is -0.950. The van der Waals surface area contributed by atoms with Crippen molar-refractivity contribution >= 4 is 24.0 Å². The van der Waals surface area contributed by atoms with Crippen molar-refractivity contribution in [3.8, 4) is 11.8 Å². The maximum atomic E-state index is 8.78. The highest BCUT2D eigenvalue weighted by molar-refractivity contribution is 6.31. The van der Waals surface area contributed by atoms with Crippen LogP contribution in [0.4, 0.5) is 0 Å². The lowest BCUT2D eigenvalue weighted by atomic mass is 9.92. The van der Waals surface area contributed by atoms with Crippen LogP contribution < -0.4 is 10.5 Å². The van der Waals surface area contributed by atoms with E-state index in [4.69, 9.17) is 27.3 Å². The van der Waals surface area contributed by atoms with E-state index in [1.807, 2.05) is 6.07 Å². The molecule has 3 nitrogen and oxygen atoms in total. The van der Waals surface area contributed by atoms with E-state index >= 15 is 0 Å². The summed E-state index contributed by atoms with van der Waals surface area (Å²) in [6.07, 6.45) is 5.15. The molecule has 0 aromatic heterocycles. The van der Waals surface area contributed by atoms with Gasteiger partial charge in [-0.25, -0.2) is 0 Å². The largest absolute Gasteiger partial charge is 0.473 e. The molecule has 1 aliphatic rings. The van der Waals surface area contributed by atoms with Gasteiger partial charge in [-0.15, -0.1) is 12.4 Å². The lowest BCUT2D eigenvalue weighted by Gasteiger charge is -2.33. The Morgan fingerprint density at radius 2 is 1.94 bits per heavy atom. The van der Waals surface area contributed by atoms with E-state index < -0.39 is 5.72 Å². The second-order valence-electron chi connectivity index (χ2n) is 4.48. The average molecular weight is 287 g/mol. The van der Waals surface area contributed by atoms with Gasteiger partial charge in [0.25, 0.3) is 0 Å². The fraction of sp³-hybridized carbons (Fsp3) is 0.462. The van der Waals surface area contributed by atoms with Crippen LogP contribution in [0.15, 0.2) is 18.2 Å². The summed E-state index contributed by atoms with van der Waals surface area (Å²) in [4.78, 5) is 0. The molecule has 2 rings (SSSR count). The van der Waals surface area contributed by atoms with Gasteiger partial charge in [-0.2, -0.15) is 5.26 Å². The smallest absolute Gasteiger partial charge is 0.158 e. The topological polar surface area (TPSA) is 59.0 Å². The lowest BCUT2D eigenvalue weighted by molar-refractivity contribution is 0.0365. The highest BCUT2D eigenvalue weighted by Crippen LogP contribution is 2.30. The van der Waals surface area contributed by atoms with Crippen molar-refractivity contribution in [1.29, 1.82) is 5.26 Å². The number of nitriles is 1. The van der Waals surface area contributed by atoms with Gasteiger partial charge in [-0.05, 0) is 25.0 Å². The SMILES string of the molecule is Cl.N#Cc1ccc(OC2(N)CCCCC2)cc1Cl. The predicted octanol–water partition coefficient (Wildman–Crippen LogP) is 3.63. The Labute approximate surface area is 118 Å². The number of benzene rings is 1. The molecule has 0 radical (unpaired) electrons. The molecule has 0 aliphatic heterocycles. The van der Waals surface area contributed by atoms with Crippen LogP contribution in [0.25, 0.3) is 0 Å². The van der Waals surface area contributed by atoms with E-state index in [1.165, 1.54) is 6.42 Å². The van der Waals surface area contributed by atoms with E-state index in [0.717, 1.165) is 25.7 Å². The maximum absolute atomic E-state index is 8.78. The second kappa shape index (κ2) is 6.29. The van der Waals surface area contributed by atoms with Crippen molar-refractivity contribution < 1.29 is 4.74 Å². The molecule has 1 saturated carbocycles. The van der Waals surface area contributed by atoms with Crippen LogP contribution in [0.5, 0.6) is 5.75 Å². The summed E-state index contributed by atoms with van der Waals surface area (Å²) in [5.41, 5.74) is 6.06. The molecule has 1 aromatic carbocycles. The zero-order valence-corrected chi connectivity index (χ0v) is 11.6. The Bertz CT molecular complexity index is 451. The first kappa shape index (κ1) is 15.1. The van der Waals surface area contributed by atoms with Gasteiger partial charge in [0.15, 0.2) is 5.72 Å². The summed E-state index contributed by atoms with van der Waals surface area (Å²) in [5.74, 6) is 0.637. The second-order valence-corrected chi connectivity index (χ2v) is 4.89. The first-order valence-electron chi connectivity index (χ1n) is 5.80. The van der Waals surface area contributed by atoms with E-state index in [-0.39, 0.29) is 12.4 Å². The third kappa shape index (κ3) is 3.52. The third-order valence-corrected chi connectivity index (χ3v) is 3.39. The van der Waals surface area contributed by atoms with Crippen molar-refractivity contribution in [2.75, 3.05) is 0 Å². The first-order chi connectivity index (χ1) is 8.13. The first-order valence-corrected chi connectivity index (χ1v) is 6.18. The normalized spacial score (nSPS) is 17.4. The number of rotatable bonds is 2. The molecule has 5 heteroatoms. The summed E-state index contributed by atoms with van der Waals surface area (Å²) in [7, 11) is 0. The van der Waals surface area contributed by atoms with Crippen LogP contribution in [0.1, 0.15) is 37.7 Å². The fourth-order valence-corrected chi connectivity index (χ4v) is 2.35. The van der Waals surface area contributed by atoms with Crippen molar-refractivity contribution in [1.82, 2.24) is 0 Å². The molecule has 98 valence electrons. The van der Waals surface area contributed by atoms with E-state index in [1.54, 1.807) is 18.2 Å². The number of hydrogen-bond acceptors (Lipinski definition) is 3. The van der Waals surface area contributed by atoms with Gasteiger partial charge in [0.05, 0.1) is 10.6 Å². The highest BCUT2D eigenvalue weighted by Gasteiger charge is 2.29. The van der Waals surface area contributed by atoms with Crippen molar-refractivity contribution in [2.24, 2.45) is 5.73 Å². The Morgan fingerprint density at radius 3 is 2.50 bits per heavy atom. The number of halogens is 2. The average Bonchev–Trinajstić information content (AvgIpc) is 2.29. The molecule has 0 bridgehead atoms. The summed E-state index contributed by atoms with van der Waals surface area (Å²) in [6, 6.07) is 7.07. The number of ether oxygens (including phenoxy) is 1. The van der Waals surface area contributed by atoms with Crippen LogP contribution in [0.2, 0.25) is 5.02 Å². The van der Waals surface area contributed by atoms with Crippen LogP contribution in [-0.4, -0.2) is 5.72 Å². The molecule has 0 atom stereocenters. The Morgan fingerprint density at radius 1 is 1.28 bits per heavy atom. The van der Waals surface area contributed by atoms with E-state index in [9.17, 15) is 0 Å². The summed E-state index contributed by atoms with van der Waals surface area (Å²) >= 11 is 5.95. The summed E-state index contributed by atoms with van der Waals surface area (Å²) < 4.78 is 5.81. The fourth-order valence-electron chi connectivity index (χ4n) is 2.14. The summed E-state index contributed by atoms with van der Waals surface area (Å²) in [5, 5.41) is 9.19. The molecule has 0 spiro atoms. The molecular formula is C13H16Cl2N2O. The Balaban J connectivity index is 0.00000162. The zero-order chi connectivity index (χ0) is 12.3. The van der Waals surface area contributed by atoms with Crippen LogP contribution in [0.3, 0.4) is 0 Å². The van der Waals surface area contributed by atoms with Crippen molar-refractivity contribution in [3.05, 3.63) is 28.8 Å². The minimum absolute atomic E-state index is 0. The van der Waals surface area contributed by atoms with Crippen molar-refractivity contribution in [2.45, 2.75) is 37.8 Å². The molecule has 2 N–H and O–H groups in total. The lowest BCUT2D eigenvalue weighted by Crippen LogP contribution is -2.47. The molecule has 1 aromatic rings. The van der Waals surface area contributed by atoms with Crippen LogP contribution in [0, 0.1) is 11.3 Å². The maximum Gasteiger partial charge on any atom is 0.158 e. The van der Waals surface area contributed by atoms with Gasteiger partial charge in [-0.3, -0.25) is 5.73 Å². The number of nitrogens with two attached hydrogens (primary N) is 1. The van der Waals surface area contributed by atoms with Gasteiger partial charge in [-0.1, -0.05) is 18.0 Å². The van der Waals surface area contributed by atoms with Gasteiger partial charge >= 0.3 is 0 Å². The molecule has 1 aliphatic carbocycles. The minimum atomic E-state index is -0.574. The number of nitrogens with zero attached hydrogens (tertiary/aromatic N) is 1. The van der Waals surface area contributed by atoms with E-state index in [0.29, 0.717) is 16.3 Å². The zero-order valence-electron chi connectivity index (χ0n) is 9.99. The predicted molar refractivity (Wildman–Crippen MR) is 74.0 cm³/mol. The monoisotopic (exact) mass is 286 g/mol. The quantitative estimate of drug-likeness (QED) is 0.845. The van der Waals surface area contributed by atoms with Crippen LogP contribution >= 0.6 is 24.0 Å². The molecule has 0 saturated heterocycles.